The fourth-order valence-corrected chi connectivity index (χ4v) is 2.52. The van der Waals surface area contributed by atoms with Gasteiger partial charge in [-0.25, -0.2) is 0 Å². The summed E-state index contributed by atoms with van der Waals surface area (Å²) in [5.74, 6) is -0.140. The van der Waals surface area contributed by atoms with Crippen molar-refractivity contribution in [3.8, 4) is 0 Å². The minimum Gasteiger partial charge on any atom is -0.397 e. The minimum absolute atomic E-state index is 0.140. The van der Waals surface area contributed by atoms with Crippen LogP contribution in [-0.4, -0.2) is 32.2 Å². The maximum absolute atomic E-state index is 12.1. The van der Waals surface area contributed by atoms with E-state index in [1.807, 2.05) is 30.3 Å². The van der Waals surface area contributed by atoms with E-state index in [1.54, 1.807) is 18.2 Å². The Kier molecular flexibility index (Phi) is 4.25. The van der Waals surface area contributed by atoms with Crippen LogP contribution in [-0.2, 0) is 4.74 Å². The highest BCUT2D eigenvalue weighted by Crippen LogP contribution is 2.27. The highest BCUT2D eigenvalue weighted by molar-refractivity contribution is 6.04. The largest absolute Gasteiger partial charge is 0.397 e. The predicted molar refractivity (Wildman–Crippen MR) is 88.3 cm³/mol. The molecule has 2 aromatic carbocycles. The lowest BCUT2D eigenvalue weighted by Gasteiger charge is -2.30. The van der Waals surface area contributed by atoms with Gasteiger partial charge < -0.3 is 20.7 Å². The third-order valence-electron chi connectivity index (χ3n) is 3.67. The van der Waals surface area contributed by atoms with Gasteiger partial charge in [0.1, 0.15) is 0 Å². The second-order valence-corrected chi connectivity index (χ2v) is 5.19. The van der Waals surface area contributed by atoms with Gasteiger partial charge >= 0.3 is 0 Å². The fourth-order valence-electron chi connectivity index (χ4n) is 2.52. The first-order valence-electron chi connectivity index (χ1n) is 7.32. The summed E-state index contributed by atoms with van der Waals surface area (Å²) in [6, 6.07) is 14.7. The summed E-state index contributed by atoms with van der Waals surface area (Å²) in [5.41, 5.74) is 9.10. The van der Waals surface area contributed by atoms with E-state index in [0.717, 1.165) is 18.8 Å². The van der Waals surface area contributed by atoms with Crippen LogP contribution in [0.25, 0.3) is 0 Å². The molecule has 0 spiro atoms. The molecule has 114 valence electrons. The summed E-state index contributed by atoms with van der Waals surface area (Å²) in [5, 5.41) is 2.87. The number of carbonyl (C=O) groups is 1. The second-order valence-electron chi connectivity index (χ2n) is 5.19. The molecule has 3 N–H and O–H groups in total. The molecule has 0 saturated carbocycles. The van der Waals surface area contributed by atoms with E-state index in [1.165, 1.54) is 0 Å². The molecule has 1 amide bonds. The van der Waals surface area contributed by atoms with Crippen LogP contribution in [0.15, 0.2) is 48.5 Å². The number of amides is 1. The molecule has 0 radical (unpaired) electrons. The van der Waals surface area contributed by atoms with Gasteiger partial charge in [-0.15, -0.1) is 0 Å². The lowest BCUT2D eigenvalue weighted by atomic mass is 10.2. The number of nitrogens with two attached hydrogens (primary N) is 1. The minimum atomic E-state index is -0.140. The standard InChI is InChI=1S/C17H19N3O2/c18-15-12-14(19-17(21)13-4-2-1-3-5-13)6-7-16(15)20-8-10-22-11-9-20/h1-7,12H,8-11,18H2,(H,19,21). The molecule has 0 unspecified atom stereocenters. The molecule has 2 aromatic rings. The number of ether oxygens (including phenoxy) is 1. The maximum Gasteiger partial charge on any atom is 0.255 e. The average molecular weight is 297 g/mol. The van der Waals surface area contributed by atoms with Crippen molar-refractivity contribution >= 4 is 23.0 Å². The molecular weight excluding hydrogens is 278 g/mol. The van der Waals surface area contributed by atoms with Gasteiger partial charge in [0.2, 0.25) is 0 Å². The molecular formula is C17H19N3O2. The van der Waals surface area contributed by atoms with Crippen LogP contribution in [0.1, 0.15) is 10.4 Å². The highest BCUT2D eigenvalue weighted by Gasteiger charge is 2.14. The quantitative estimate of drug-likeness (QED) is 0.853. The molecule has 3 rings (SSSR count). The van der Waals surface area contributed by atoms with Crippen molar-refractivity contribution in [3.63, 3.8) is 0 Å². The monoisotopic (exact) mass is 297 g/mol. The molecule has 5 nitrogen and oxygen atoms in total. The number of hydrogen-bond donors (Lipinski definition) is 2. The van der Waals surface area contributed by atoms with Gasteiger partial charge in [-0.2, -0.15) is 0 Å². The average Bonchev–Trinajstić information content (AvgIpc) is 2.56. The van der Waals surface area contributed by atoms with Crippen molar-refractivity contribution in [1.29, 1.82) is 0 Å². The van der Waals surface area contributed by atoms with Crippen molar-refractivity contribution in [2.24, 2.45) is 0 Å². The molecule has 0 atom stereocenters. The first-order valence-corrected chi connectivity index (χ1v) is 7.32. The van der Waals surface area contributed by atoms with E-state index in [0.29, 0.717) is 30.2 Å². The summed E-state index contributed by atoms with van der Waals surface area (Å²) in [6.45, 7) is 3.09. The van der Waals surface area contributed by atoms with Crippen LogP contribution in [0.2, 0.25) is 0 Å². The summed E-state index contributed by atoms with van der Waals surface area (Å²) in [6.07, 6.45) is 0. The molecule has 1 aliphatic heterocycles. The zero-order valence-electron chi connectivity index (χ0n) is 12.3. The summed E-state index contributed by atoms with van der Waals surface area (Å²) in [4.78, 5) is 14.3. The zero-order chi connectivity index (χ0) is 15.4. The number of carbonyl (C=O) groups excluding carboxylic acids is 1. The Morgan fingerprint density at radius 3 is 2.50 bits per heavy atom. The van der Waals surface area contributed by atoms with E-state index in [9.17, 15) is 4.79 Å². The van der Waals surface area contributed by atoms with E-state index >= 15 is 0 Å². The third kappa shape index (κ3) is 3.20. The molecule has 1 saturated heterocycles. The molecule has 1 aliphatic rings. The van der Waals surface area contributed by atoms with Crippen LogP contribution in [0.5, 0.6) is 0 Å². The Hall–Kier alpha value is -2.53. The van der Waals surface area contributed by atoms with Crippen LogP contribution in [0.3, 0.4) is 0 Å². The topological polar surface area (TPSA) is 67.6 Å². The predicted octanol–water partition coefficient (Wildman–Crippen LogP) is 2.36. The van der Waals surface area contributed by atoms with Crippen molar-refractivity contribution in [1.82, 2.24) is 0 Å². The molecule has 1 heterocycles. The second kappa shape index (κ2) is 6.49. The normalized spacial score (nSPS) is 14.6. The van der Waals surface area contributed by atoms with E-state index in [2.05, 4.69) is 10.2 Å². The number of hydrogen-bond acceptors (Lipinski definition) is 4. The van der Waals surface area contributed by atoms with Crippen molar-refractivity contribution in [2.75, 3.05) is 42.3 Å². The van der Waals surface area contributed by atoms with Crippen LogP contribution in [0, 0.1) is 0 Å². The Morgan fingerprint density at radius 2 is 1.82 bits per heavy atom. The maximum atomic E-state index is 12.1. The Labute approximate surface area is 129 Å². The van der Waals surface area contributed by atoms with Crippen molar-refractivity contribution < 1.29 is 9.53 Å². The number of nitrogens with one attached hydrogen (secondary N) is 1. The Bertz CT molecular complexity index is 652. The summed E-state index contributed by atoms with van der Waals surface area (Å²) in [7, 11) is 0. The van der Waals surface area contributed by atoms with Gasteiger partial charge in [0.15, 0.2) is 0 Å². The number of nitrogen functional groups attached to an aromatic ring is 1. The van der Waals surface area contributed by atoms with E-state index in [4.69, 9.17) is 10.5 Å². The Morgan fingerprint density at radius 1 is 1.09 bits per heavy atom. The molecule has 0 aliphatic carbocycles. The number of anilines is 3. The van der Waals surface area contributed by atoms with Gasteiger partial charge in [0.05, 0.1) is 24.6 Å². The van der Waals surface area contributed by atoms with Gasteiger partial charge in [-0.05, 0) is 30.3 Å². The van der Waals surface area contributed by atoms with Crippen molar-refractivity contribution in [2.45, 2.75) is 0 Å². The number of rotatable bonds is 3. The molecule has 22 heavy (non-hydrogen) atoms. The van der Waals surface area contributed by atoms with Gasteiger partial charge in [0.25, 0.3) is 5.91 Å². The first kappa shape index (κ1) is 14.4. The molecule has 1 fully saturated rings. The first-order chi connectivity index (χ1) is 10.7. The van der Waals surface area contributed by atoms with E-state index in [-0.39, 0.29) is 5.91 Å². The molecule has 0 bridgehead atoms. The van der Waals surface area contributed by atoms with Crippen LogP contribution in [0.4, 0.5) is 17.1 Å². The number of benzene rings is 2. The van der Waals surface area contributed by atoms with Gasteiger partial charge in [0, 0.05) is 24.3 Å². The number of nitrogens with zero attached hydrogens (tertiary/aromatic N) is 1. The lowest BCUT2D eigenvalue weighted by molar-refractivity contribution is 0.102. The SMILES string of the molecule is Nc1cc(NC(=O)c2ccccc2)ccc1N1CCOCC1. The van der Waals surface area contributed by atoms with Crippen LogP contribution >= 0.6 is 0 Å². The zero-order valence-corrected chi connectivity index (χ0v) is 12.3. The Balaban J connectivity index is 1.73. The molecule has 5 heteroatoms. The summed E-state index contributed by atoms with van der Waals surface area (Å²) < 4.78 is 5.35. The lowest BCUT2D eigenvalue weighted by Crippen LogP contribution is -2.36. The number of morpholine rings is 1. The third-order valence-corrected chi connectivity index (χ3v) is 3.67. The van der Waals surface area contributed by atoms with Gasteiger partial charge in [-0.1, -0.05) is 18.2 Å². The van der Waals surface area contributed by atoms with Crippen molar-refractivity contribution in [3.05, 3.63) is 54.1 Å². The van der Waals surface area contributed by atoms with E-state index < -0.39 is 0 Å². The highest BCUT2D eigenvalue weighted by atomic mass is 16.5. The smallest absolute Gasteiger partial charge is 0.255 e. The van der Waals surface area contributed by atoms with Crippen LogP contribution < -0.4 is 16.0 Å². The molecule has 0 aromatic heterocycles. The summed E-state index contributed by atoms with van der Waals surface area (Å²) >= 11 is 0. The fraction of sp³-hybridized carbons (Fsp3) is 0.235. The van der Waals surface area contributed by atoms with Gasteiger partial charge in [-0.3, -0.25) is 4.79 Å².